The Hall–Kier alpha value is -2.74. The van der Waals surface area contributed by atoms with Crippen LogP contribution in [0.1, 0.15) is 20.3 Å². The Labute approximate surface area is 148 Å². The first-order valence-corrected chi connectivity index (χ1v) is 8.04. The molecule has 0 aliphatic carbocycles. The van der Waals surface area contributed by atoms with Crippen LogP contribution in [0.15, 0.2) is 11.1 Å². The monoisotopic (exact) mass is 361 g/mol. The van der Waals surface area contributed by atoms with E-state index < -0.39 is 30.1 Å². The van der Waals surface area contributed by atoms with Gasteiger partial charge in [-0.05, 0) is 5.92 Å². The van der Waals surface area contributed by atoms with Gasteiger partial charge in [-0.25, -0.2) is 4.98 Å². The van der Waals surface area contributed by atoms with Gasteiger partial charge in [0.15, 0.2) is 11.2 Å². The van der Waals surface area contributed by atoms with E-state index >= 15 is 0 Å². The van der Waals surface area contributed by atoms with Crippen LogP contribution < -0.4 is 10.9 Å². The number of terminal acetylenes is 1. The van der Waals surface area contributed by atoms with Crippen LogP contribution in [-0.4, -0.2) is 54.5 Å². The van der Waals surface area contributed by atoms with Crippen molar-refractivity contribution in [2.75, 3.05) is 11.9 Å². The number of fused-ring (bicyclic) bond motifs is 1. The second kappa shape index (κ2) is 6.53. The molecule has 3 heterocycles. The molecule has 1 saturated heterocycles. The molecule has 26 heavy (non-hydrogen) atoms. The number of rotatable bonds is 4. The molecular formula is C16H19N5O5. The molecule has 3 rings (SSSR count). The van der Waals surface area contributed by atoms with E-state index in [1.165, 1.54) is 10.9 Å². The molecular weight excluding hydrogens is 342 g/mol. The lowest BCUT2D eigenvalue weighted by Crippen LogP contribution is -2.33. The summed E-state index contributed by atoms with van der Waals surface area (Å²) in [4.78, 5) is 34.8. The van der Waals surface area contributed by atoms with Gasteiger partial charge < -0.3 is 14.9 Å². The molecule has 4 N–H and O–H groups in total. The predicted octanol–water partition coefficient (Wildman–Crippen LogP) is -0.858. The third-order valence-corrected chi connectivity index (χ3v) is 4.23. The molecule has 0 radical (unpaired) electrons. The number of carbonyl (C=O) groups is 1. The number of hydrogen-bond acceptors (Lipinski definition) is 7. The Kier molecular flexibility index (Phi) is 4.53. The average Bonchev–Trinajstić information content (AvgIpc) is 3.16. The third kappa shape index (κ3) is 2.86. The topological polar surface area (TPSA) is 142 Å². The Morgan fingerprint density at radius 2 is 2.38 bits per heavy atom. The zero-order valence-corrected chi connectivity index (χ0v) is 14.3. The molecule has 1 fully saturated rings. The Morgan fingerprint density at radius 1 is 1.65 bits per heavy atom. The van der Waals surface area contributed by atoms with Gasteiger partial charge in [0.1, 0.15) is 12.4 Å². The Bertz CT molecular complexity index is 943. The molecule has 0 spiro atoms. The van der Waals surface area contributed by atoms with Crippen LogP contribution in [-0.2, 0) is 15.3 Å². The summed E-state index contributed by atoms with van der Waals surface area (Å²) >= 11 is 0. The fraction of sp³-hybridized carbons (Fsp3) is 0.500. The standard InChI is InChI=1S/C16H19N5O5/c1-4-16(5-9(23)10(6-22)26-16)21-7-17-11-12(21)18-15(20-14(11)25)19-13(24)8(2)3/h1,7-10,22-23H,5-6H2,2-3H3,(H2,18,19,20,24,25)/t9-,10+,16+/m0/s1. The van der Waals surface area contributed by atoms with Crippen molar-refractivity contribution in [1.82, 2.24) is 19.5 Å². The van der Waals surface area contributed by atoms with E-state index in [9.17, 15) is 19.8 Å². The van der Waals surface area contributed by atoms with E-state index in [4.69, 9.17) is 11.2 Å². The number of nitrogens with one attached hydrogen (secondary N) is 2. The maximum absolute atomic E-state index is 12.3. The third-order valence-electron chi connectivity index (χ3n) is 4.23. The second-order valence-corrected chi connectivity index (χ2v) is 6.38. The van der Waals surface area contributed by atoms with Crippen molar-refractivity contribution in [3.05, 3.63) is 16.7 Å². The molecule has 3 atom stereocenters. The van der Waals surface area contributed by atoms with Gasteiger partial charge in [-0.15, -0.1) is 6.42 Å². The largest absolute Gasteiger partial charge is 0.394 e. The summed E-state index contributed by atoms with van der Waals surface area (Å²) in [7, 11) is 0. The van der Waals surface area contributed by atoms with Crippen molar-refractivity contribution in [2.45, 2.75) is 38.2 Å². The van der Waals surface area contributed by atoms with Crippen LogP contribution in [0.3, 0.4) is 0 Å². The van der Waals surface area contributed by atoms with Gasteiger partial charge in [-0.2, -0.15) is 4.98 Å². The zero-order valence-electron chi connectivity index (χ0n) is 14.3. The summed E-state index contributed by atoms with van der Waals surface area (Å²) in [6.45, 7) is 2.99. The summed E-state index contributed by atoms with van der Waals surface area (Å²) < 4.78 is 7.01. The van der Waals surface area contributed by atoms with Gasteiger partial charge in [0.05, 0.1) is 12.7 Å². The molecule has 0 saturated carbocycles. The molecule has 0 aromatic carbocycles. The van der Waals surface area contributed by atoms with Crippen molar-refractivity contribution >= 4 is 23.0 Å². The molecule has 0 unspecified atom stereocenters. The van der Waals surface area contributed by atoms with Crippen molar-refractivity contribution in [3.63, 3.8) is 0 Å². The zero-order chi connectivity index (χ0) is 19.1. The number of nitrogens with zero attached hydrogens (tertiary/aromatic N) is 3. The average molecular weight is 361 g/mol. The Morgan fingerprint density at radius 3 is 2.96 bits per heavy atom. The second-order valence-electron chi connectivity index (χ2n) is 6.38. The molecule has 10 heteroatoms. The Balaban J connectivity index is 2.10. The van der Waals surface area contributed by atoms with Crippen molar-refractivity contribution in [3.8, 4) is 12.3 Å². The minimum Gasteiger partial charge on any atom is -0.394 e. The van der Waals surface area contributed by atoms with Gasteiger partial charge in [0.25, 0.3) is 5.56 Å². The van der Waals surface area contributed by atoms with Gasteiger partial charge in [-0.1, -0.05) is 13.8 Å². The normalized spacial score (nSPS) is 25.5. The quantitative estimate of drug-likeness (QED) is 0.519. The lowest BCUT2D eigenvalue weighted by atomic mass is 10.1. The molecule has 2 aromatic rings. The summed E-state index contributed by atoms with van der Waals surface area (Å²) in [6.07, 6.45) is 5.04. The summed E-state index contributed by atoms with van der Waals surface area (Å²) in [5.74, 6) is 1.78. The maximum Gasteiger partial charge on any atom is 0.280 e. The first kappa shape index (κ1) is 18.1. The van der Waals surface area contributed by atoms with Crippen LogP contribution in [0.4, 0.5) is 5.95 Å². The SMILES string of the molecule is C#C[C@]1(n2cnc3c(=O)[nH]c(NC(=O)C(C)C)nc32)C[C@H](O)[C@@H](CO)O1. The number of aromatic nitrogens is 4. The fourth-order valence-corrected chi connectivity index (χ4v) is 2.76. The number of imidazole rings is 1. The van der Waals surface area contributed by atoms with Gasteiger partial charge in [0.2, 0.25) is 17.6 Å². The number of ether oxygens (including phenoxy) is 1. The van der Waals surface area contributed by atoms with Gasteiger partial charge in [-0.3, -0.25) is 24.5 Å². The van der Waals surface area contributed by atoms with Gasteiger partial charge in [0, 0.05) is 12.3 Å². The van der Waals surface area contributed by atoms with Crippen molar-refractivity contribution in [2.24, 2.45) is 5.92 Å². The van der Waals surface area contributed by atoms with Crippen LogP contribution in [0.5, 0.6) is 0 Å². The number of carbonyl (C=O) groups excluding carboxylic acids is 1. The minimum absolute atomic E-state index is 0.00714. The molecule has 1 amide bonds. The van der Waals surface area contributed by atoms with E-state index in [0.29, 0.717) is 0 Å². The first-order chi connectivity index (χ1) is 12.3. The number of aliphatic hydroxyl groups is 2. The number of H-pyrrole nitrogens is 1. The predicted molar refractivity (Wildman–Crippen MR) is 91.0 cm³/mol. The molecule has 1 aliphatic heterocycles. The van der Waals surface area contributed by atoms with Crippen LogP contribution >= 0.6 is 0 Å². The maximum atomic E-state index is 12.3. The first-order valence-electron chi connectivity index (χ1n) is 8.04. The highest BCUT2D eigenvalue weighted by Crippen LogP contribution is 2.36. The molecule has 138 valence electrons. The summed E-state index contributed by atoms with van der Waals surface area (Å²) in [5, 5.41) is 21.9. The van der Waals surface area contributed by atoms with E-state index in [1.807, 2.05) is 0 Å². The summed E-state index contributed by atoms with van der Waals surface area (Å²) in [5.41, 5.74) is -1.91. The minimum atomic E-state index is -1.46. The highest BCUT2D eigenvalue weighted by atomic mass is 16.6. The van der Waals surface area contributed by atoms with Crippen LogP contribution in [0.25, 0.3) is 11.2 Å². The number of anilines is 1. The fourth-order valence-electron chi connectivity index (χ4n) is 2.76. The van der Waals surface area contributed by atoms with E-state index in [0.717, 1.165) is 0 Å². The highest BCUT2D eigenvalue weighted by molar-refractivity contribution is 5.91. The lowest BCUT2D eigenvalue weighted by molar-refractivity contribution is -0.118. The van der Waals surface area contributed by atoms with Crippen molar-refractivity contribution in [1.29, 1.82) is 0 Å². The van der Waals surface area contributed by atoms with Crippen molar-refractivity contribution < 1.29 is 19.7 Å². The number of hydrogen-bond donors (Lipinski definition) is 4. The van der Waals surface area contributed by atoms with Crippen LogP contribution in [0, 0.1) is 18.3 Å². The summed E-state index contributed by atoms with van der Waals surface area (Å²) in [6, 6.07) is 0. The van der Waals surface area contributed by atoms with E-state index in [-0.39, 0.29) is 35.4 Å². The molecule has 10 nitrogen and oxygen atoms in total. The van der Waals surface area contributed by atoms with Gasteiger partial charge >= 0.3 is 0 Å². The molecule has 0 bridgehead atoms. The lowest BCUT2D eigenvalue weighted by Gasteiger charge is -2.24. The number of amides is 1. The smallest absolute Gasteiger partial charge is 0.280 e. The van der Waals surface area contributed by atoms with Crippen LogP contribution in [0.2, 0.25) is 0 Å². The highest BCUT2D eigenvalue weighted by Gasteiger charge is 2.47. The number of aromatic amines is 1. The van der Waals surface area contributed by atoms with E-state index in [2.05, 4.69) is 26.2 Å². The molecule has 1 aliphatic rings. The van der Waals surface area contributed by atoms with E-state index in [1.54, 1.807) is 13.8 Å². The number of aliphatic hydroxyl groups excluding tert-OH is 2. The molecule has 2 aromatic heterocycles.